The quantitative estimate of drug-likeness (QED) is 0.0386. The highest BCUT2D eigenvalue weighted by Crippen LogP contribution is 2.42. The normalized spacial score (nSPS) is 10.7. The smallest absolute Gasteiger partial charge is 0.537 e. The van der Waals surface area contributed by atoms with Gasteiger partial charge >= 0.3 is 7.69 Å². The molecular weight excluding hydrogens is 2200 g/mol. The lowest BCUT2D eigenvalue weighted by Crippen LogP contribution is -2.20. The first-order valence-electron chi connectivity index (χ1n) is 46.0. The van der Waals surface area contributed by atoms with Crippen molar-refractivity contribution < 1.29 is 26.7 Å². The van der Waals surface area contributed by atoms with Gasteiger partial charge in [0.2, 0.25) is 0 Å². The number of fused-ring (bicyclic) bond motifs is 10. The maximum atomic E-state index is 11.2. The second-order valence-corrected chi connectivity index (χ2v) is 39.6. The van der Waals surface area contributed by atoms with Crippen LogP contribution in [0.25, 0.3) is 115 Å². The molecule has 0 atom stereocenters. The highest BCUT2D eigenvalue weighted by molar-refractivity contribution is 14.1. The van der Waals surface area contributed by atoms with E-state index in [4.69, 9.17) is 12.4 Å². The second-order valence-electron chi connectivity index (χ2n) is 31.6. The van der Waals surface area contributed by atoms with Crippen molar-refractivity contribution >= 4 is 229 Å². The molecule has 1 aliphatic carbocycles. The standard InChI is InChI=1S/C24H19N.C22H14BrN.C18H15P.C17H11Br.C16H10BrNO2.C10H8BO2.C6H3Br2NO2.C6H5I.CH3B.CH3F/c1-3-7-19(8-4-1)21-11-15-23(16-12-21)25-24-17-13-22(14-18-24)20-9-5-2-6-10-20;23-17-10-11-19-20-12-15-6-4-5-7-16(15)13-21(20)24(22(19)14-17)18-8-2-1-3-9-18;1-4-10-16(11-5-1)19(17-12-6-2-7-13-17)18-14-8-3-9-15-18;18-15-5-6-16-14(9-15)8-13-7-11-3-1-2-4-12(11)10-17(13)16;17-14-7-8-15(16(10-14)18(19)20)13-6-5-11-3-1-2-4-12(11)9-13;12-11-13-10-6-5-8-3-1-2-4-9(8)7-10;7-4-1-2-5(8)6(3-4)9(10)11;7-6-4-2-1-3-5-6;2*1-2/h1-18,25H;1-14H;1-15H;1-7,9-10H,8H2;1-10H;1-7,12H;1-3H;1-5H;2*1H3/i;;;;;;;;2*1D. The number of para-hydroxylation sites is 1. The van der Waals surface area contributed by atoms with Crippen LogP contribution < -0.4 is 25.9 Å². The first-order valence-corrected chi connectivity index (χ1v) is 50.9. The molecule has 2 N–H and O–H groups in total. The lowest BCUT2D eigenvalue weighted by atomic mass is 10.00. The lowest BCUT2D eigenvalue weighted by molar-refractivity contribution is -0.385. The number of anilines is 2. The van der Waals surface area contributed by atoms with E-state index in [2.05, 4.69) is 460 Å². The minimum absolute atomic E-state index is 0. The van der Waals surface area contributed by atoms with Gasteiger partial charge in [-0.25, -0.2) is 0 Å². The van der Waals surface area contributed by atoms with E-state index in [0.717, 1.165) is 49.4 Å². The summed E-state index contributed by atoms with van der Waals surface area (Å²) in [7, 11) is 3.75. The van der Waals surface area contributed by atoms with Gasteiger partial charge < -0.3 is 19.6 Å². The molecule has 0 spiro atoms. The third-order valence-electron chi connectivity index (χ3n) is 22.6. The highest BCUT2D eigenvalue weighted by Gasteiger charge is 2.22. The fourth-order valence-electron chi connectivity index (χ4n) is 16.1. The molecule has 1 heterocycles. The van der Waals surface area contributed by atoms with Gasteiger partial charge in [-0.1, -0.05) is 416 Å². The predicted molar refractivity (Wildman–Crippen MR) is 621 cm³/mol. The van der Waals surface area contributed by atoms with E-state index < -0.39 is 20.0 Å². The summed E-state index contributed by atoms with van der Waals surface area (Å²) in [6.45, 7) is 0. The molecule has 0 amide bonds. The van der Waals surface area contributed by atoms with E-state index in [1.165, 1.54) is 130 Å². The zero-order valence-electron chi connectivity index (χ0n) is 78.0. The zero-order valence-corrected chi connectivity index (χ0v) is 86.9. The molecule has 691 valence electrons. The number of hydrogen-bond donors (Lipinski definition) is 2. The molecule has 141 heavy (non-hydrogen) atoms. The average Bonchev–Trinajstić information content (AvgIpc) is 1.58. The number of rotatable bonds is 13. The highest BCUT2D eigenvalue weighted by atomic mass is 127. The van der Waals surface area contributed by atoms with Crippen LogP contribution in [0.3, 0.4) is 0 Å². The molecule has 3 radical (unpaired) electrons. The van der Waals surface area contributed by atoms with Gasteiger partial charge in [0.1, 0.15) is 5.75 Å². The second kappa shape index (κ2) is 52.6. The number of nitrogens with one attached hydrogen (secondary N) is 1. The zero-order chi connectivity index (χ0) is 100. The number of hydrogen-bond acceptors (Lipinski definition) is 7. The molecular formula is C121H91B2Br5FIN4O6P. The molecule has 23 rings (SSSR count). The third-order valence-corrected chi connectivity index (χ3v) is 28.4. The van der Waals surface area contributed by atoms with Crippen molar-refractivity contribution in [2.24, 2.45) is 0 Å². The number of alkyl halides is 1. The summed E-state index contributed by atoms with van der Waals surface area (Å²) in [5, 5.41) is 49.9. The Morgan fingerprint density at radius 3 is 1.21 bits per heavy atom. The molecule has 0 saturated heterocycles. The van der Waals surface area contributed by atoms with Crippen LogP contribution in [0.1, 0.15) is 13.9 Å². The summed E-state index contributed by atoms with van der Waals surface area (Å²) in [5.41, 5.74) is 18.1. The predicted octanol–water partition coefficient (Wildman–Crippen LogP) is 35.2. The molecule has 0 fully saturated rings. The van der Waals surface area contributed by atoms with E-state index in [-0.39, 0.29) is 23.1 Å². The minimum Gasteiger partial charge on any atom is -0.537 e. The van der Waals surface area contributed by atoms with Gasteiger partial charge in [0, 0.05) is 62.8 Å². The molecule has 0 unspecified atom stereocenters. The van der Waals surface area contributed by atoms with E-state index >= 15 is 0 Å². The lowest BCUT2D eigenvalue weighted by Gasteiger charge is -2.18. The Balaban J connectivity index is 0.000000131. The van der Waals surface area contributed by atoms with Crippen molar-refractivity contribution in [3.8, 4) is 55.9 Å². The number of halogens is 7. The molecule has 10 nitrogen and oxygen atoms in total. The van der Waals surface area contributed by atoms with E-state index in [0.29, 0.717) is 32.4 Å². The third kappa shape index (κ3) is 28.2. The van der Waals surface area contributed by atoms with Crippen LogP contribution in [0.15, 0.2) is 514 Å². The van der Waals surface area contributed by atoms with Crippen LogP contribution in [-0.2, 0) is 6.42 Å². The van der Waals surface area contributed by atoms with Crippen molar-refractivity contribution in [1.82, 2.24) is 4.57 Å². The monoisotopic (exact) mass is 2290 g/mol. The number of nitro benzene ring substituents is 2. The molecule has 0 saturated carbocycles. The fourth-order valence-corrected chi connectivity index (χ4v) is 20.7. The summed E-state index contributed by atoms with van der Waals surface area (Å²) in [4.78, 5) is 20.7. The van der Waals surface area contributed by atoms with Crippen molar-refractivity contribution in [3.05, 3.63) is 549 Å². The Bertz CT molecular complexity index is 7770. The Kier molecular flexibility index (Phi) is 37.5. The SMILES string of the molecule is Brc1ccc2c(c1)Cc1cc3ccccc3cc1-2.Brc1ccc2c3cc4ccccc4cc3n(-c3ccccc3)c2c1.Ic1ccccc1.O=[N+]([O-])c1cc(Br)ccc1-c1ccc2ccccc2c1.O=[N+]([O-])c1cc(Br)ccc1Br.O[B]Oc1ccc2ccccc2c1.[2H]CF.[2H]C[B].c1ccc(-c2ccc(Nc3ccc(-c4ccccc4)cc3)cc2)cc1.c1ccc(P(c2ccccc2)c2ccccc2)cc1. The maximum Gasteiger partial charge on any atom is 0.569 e. The Labute approximate surface area is 882 Å². The summed E-state index contributed by atoms with van der Waals surface area (Å²) in [6, 6.07) is 168. The van der Waals surface area contributed by atoms with Gasteiger partial charge in [-0.3, -0.25) is 24.6 Å². The van der Waals surface area contributed by atoms with Crippen LogP contribution in [0, 0.1) is 23.8 Å². The van der Waals surface area contributed by atoms with Crippen LogP contribution in [0.2, 0.25) is 6.80 Å². The average molecular weight is 2300 g/mol. The first kappa shape index (κ1) is 100. The molecule has 22 aromatic rings. The number of benzene rings is 21. The van der Waals surface area contributed by atoms with Crippen molar-refractivity contribution in [1.29, 1.82) is 0 Å². The molecule has 0 aliphatic heterocycles. The summed E-state index contributed by atoms with van der Waals surface area (Å²) in [5.74, 6) is 0.640. The van der Waals surface area contributed by atoms with Crippen molar-refractivity contribution in [2.45, 2.75) is 13.2 Å². The topological polar surface area (TPSA) is 133 Å². The summed E-state index contributed by atoms with van der Waals surface area (Å²) < 4.78 is 34.1. The van der Waals surface area contributed by atoms with Crippen molar-refractivity contribution in [2.75, 3.05) is 12.5 Å². The molecule has 0 bridgehead atoms. The molecule has 1 aliphatic rings. The van der Waals surface area contributed by atoms with Gasteiger partial charge in [0.15, 0.2) is 0 Å². The van der Waals surface area contributed by atoms with E-state index in [1.807, 2.05) is 121 Å². The maximum absolute atomic E-state index is 11.2. The summed E-state index contributed by atoms with van der Waals surface area (Å²) >= 11 is 18.9. The van der Waals surface area contributed by atoms with E-state index in [9.17, 15) is 24.6 Å². The molecule has 21 aromatic carbocycles. The number of aromatic nitrogens is 1. The van der Waals surface area contributed by atoms with E-state index in [1.54, 1.807) is 18.2 Å². The molecule has 1 aromatic heterocycles. The Hall–Kier alpha value is -13.6. The Morgan fingerprint density at radius 2 is 0.730 bits per heavy atom. The number of nitro groups is 2. The van der Waals surface area contributed by atoms with Crippen molar-refractivity contribution in [3.63, 3.8) is 0 Å². The van der Waals surface area contributed by atoms with Crippen LogP contribution in [0.5, 0.6) is 5.75 Å². The van der Waals surface area contributed by atoms with Crippen LogP contribution >= 0.6 is 110 Å². The number of nitrogens with zero attached hydrogens (tertiary/aromatic N) is 3. The largest absolute Gasteiger partial charge is 0.569 e. The molecule has 20 heteroatoms. The van der Waals surface area contributed by atoms with Crippen LogP contribution in [0.4, 0.5) is 27.1 Å². The van der Waals surface area contributed by atoms with Gasteiger partial charge in [-0.2, -0.15) is 0 Å². The van der Waals surface area contributed by atoms with Gasteiger partial charge in [0.05, 0.1) is 47.3 Å². The van der Waals surface area contributed by atoms with Crippen LogP contribution in [-0.4, -0.2) is 42.1 Å². The van der Waals surface area contributed by atoms with Gasteiger partial charge in [-0.15, -0.1) is 0 Å². The summed E-state index contributed by atoms with van der Waals surface area (Å²) in [6.07, 6.45) is 1.05. The fraction of sp³-hybridized carbons (Fsp3) is 0.0248. The Morgan fingerprint density at radius 1 is 0.369 bits per heavy atom. The minimum atomic E-state index is -1.00. The van der Waals surface area contributed by atoms with Gasteiger partial charge in [0.25, 0.3) is 11.4 Å². The van der Waals surface area contributed by atoms with Gasteiger partial charge in [-0.05, 0) is 295 Å². The first-order chi connectivity index (χ1) is 69.8.